The molecule has 0 saturated carbocycles. The molecule has 0 radical (unpaired) electrons. The summed E-state index contributed by atoms with van der Waals surface area (Å²) >= 11 is 1.54. The predicted molar refractivity (Wildman–Crippen MR) is 65.6 cm³/mol. The van der Waals surface area contributed by atoms with Gasteiger partial charge in [-0.1, -0.05) is 0 Å². The average molecular weight is 266 g/mol. The molecule has 0 aliphatic heterocycles. The van der Waals surface area contributed by atoms with Gasteiger partial charge in [0.25, 0.3) is 5.91 Å². The maximum absolute atomic E-state index is 11.7. The first-order chi connectivity index (χ1) is 8.58. The van der Waals surface area contributed by atoms with Gasteiger partial charge >= 0.3 is 5.88 Å². The number of nitrogens with one attached hydrogen (secondary N) is 1. The Hall–Kier alpha value is -2.15. The van der Waals surface area contributed by atoms with E-state index in [1.165, 1.54) is 6.07 Å². The first-order valence-electron chi connectivity index (χ1n) is 5.13. The van der Waals surface area contributed by atoms with Crippen LogP contribution in [0.3, 0.4) is 0 Å². The van der Waals surface area contributed by atoms with Crippen LogP contribution < -0.4 is 5.32 Å². The fraction of sp³-hybridized carbons (Fsp3) is 0.182. The predicted octanol–water partition coefficient (Wildman–Crippen LogP) is 2.49. The van der Waals surface area contributed by atoms with Crippen LogP contribution in [0.15, 0.2) is 28.0 Å². The Bertz CT molecular complexity index is 587. The third-order valence-corrected chi connectivity index (χ3v) is 3.40. The smallest absolute Gasteiger partial charge is 0.395 e. The molecule has 0 atom stereocenters. The van der Waals surface area contributed by atoms with Gasteiger partial charge in [-0.05, 0) is 30.0 Å². The van der Waals surface area contributed by atoms with E-state index in [9.17, 15) is 14.9 Å². The van der Waals surface area contributed by atoms with E-state index in [2.05, 4.69) is 5.32 Å². The summed E-state index contributed by atoms with van der Waals surface area (Å²) in [6.45, 7) is 2.34. The van der Waals surface area contributed by atoms with Crippen molar-refractivity contribution in [3.63, 3.8) is 0 Å². The zero-order valence-corrected chi connectivity index (χ0v) is 10.3. The van der Waals surface area contributed by atoms with Gasteiger partial charge in [0.05, 0.1) is 12.6 Å². The number of hydrogen-bond acceptors (Lipinski definition) is 5. The minimum atomic E-state index is -0.680. The molecule has 0 spiro atoms. The number of aryl methyl sites for hydroxylation is 1. The second-order valence-electron chi connectivity index (χ2n) is 3.60. The van der Waals surface area contributed by atoms with Gasteiger partial charge in [-0.3, -0.25) is 14.9 Å². The topological polar surface area (TPSA) is 85.4 Å². The van der Waals surface area contributed by atoms with Gasteiger partial charge in [-0.15, -0.1) is 11.3 Å². The molecule has 2 aromatic heterocycles. The molecule has 1 amide bonds. The van der Waals surface area contributed by atoms with Gasteiger partial charge < -0.3 is 9.73 Å². The zero-order chi connectivity index (χ0) is 13.1. The standard InChI is InChI=1S/C11H10N2O4S/c1-7-4-5-18-9(7)6-12-11(14)8-2-3-10(17-8)13(15)16/h2-5H,6H2,1H3,(H,12,14). The van der Waals surface area contributed by atoms with E-state index in [1.807, 2.05) is 18.4 Å². The summed E-state index contributed by atoms with van der Waals surface area (Å²) in [4.78, 5) is 22.4. The molecule has 94 valence electrons. The number of furan rings is 1. The molecule has 0 fully saturated rings. The Balaban J connectivity index is 1.99. The molecule has 0 bridgehead atoms. The molecule has 0 aromatic carbocycles. The zero-order valence-electron chi connectivity index (χ0n) is 9.50. The van der Waals surface area contributed by atoms with Crippen LogP contribution in [-0.2, 0) is 6.54 Å². The van der Waals surface area contributed by atoms with E-state index >= 15 is 0 Å². The maximum Gasteiger partial charge on any atom is 0.433 e. The Labute approximate surface area is 106 Å². The average Bonchev–Trinajstić information content (AvgIpc) is 2.94. The number of carbonyl (C=O) groups is 1. The first-order valence-corrected chi connectivity index (χ1v) is 6.01. The fourth-order valence-corrected chi connectivity index (χ4v) is 2.23. The molecule has 0 aliphatic rings. The van der Waals surface area contributed by atoms with E-state index in [0.717, 1.165) is 16.5 Å². The normalized spacial score (nSPS) is 10.3. The Morgan fingerprint density at radius 3 is 2.83 bits per heavy atom. The number of carbonyl (C=O) groups excluding carboxylic acids is 1. The minimum absolute atomic E-state index is 0.0593. The Kier molecular flexibility index (Phi) is 3.42. The summed E-state index contributed by atoms with van der Waals surface area (Å²) in [7, 11) is 0. The SMILES string of the molecule is Cc1ccsc1CNC(=O)c1ccc([N+](=O)[O-])o1. The summed E-state index contributed by atoms with van der Waals surface area (Å²) in [5.74, 6) is -0.959. The highest BCUT2D eigenvalue weighted by atomic mass is 32.1. The molecular formula is C11H10N2O4S. The summed E-state index contributed by atoms with van der Waals surface area (Å²) in [5.41, 5.74) is 1.10. The summed E-state index contributed by atoms with van der Waals surface area (Å²) in [6.07, 6.45) is 0. The molecule has 0 saturated heterocycles. The maximum atomic E-state index is 11.7. The van der Waals surface area contributed by atoms with Crippen molar-refractivity contribution >= 4 is 23.1 Å². The molecule has 7 heteroatoms. The van der Waals surface area contributed by atoms with Crippen molar-refractivity contribution in [2.45, 2.75) is 13.5 Å². The number of nitrogens with zero attached hydrogens (tertiary/aromatic N) is 1. The van der Waals surface area contributed by atoms with Crippen LogP contribution in [0.5, 0.6) is 0 Å². The Morgan fingerprint density at radius 1 is 1.50 bits per heavy atom. The van der Waals surface area contributed by atoms with Crippen molar-refractivity contribution in [1.82, 2.24) is 5.32 Å². The third kappa shape index (κ3) is 2.57. The van der Waals surface area contributed by atoms with Crippen LogP contribution in [0.4, 0.5) is 5.88 Å². The lowest BCUT2D eigenvalue weighted by Crippen LogP contribution is -2.22. The molecule has 0 aliphatic carbocycles. The van der Waals surface area contributed by atoms with Crippen molar-refractivity contribution in [3.05, 3.63) is 49.9 Å². The summed E-state index contributed by atoms with van der Waals surface area (Å²) in [6, 6.07) is 4.41. The lowest BCUT2D eigenvalue weighted by atomic mass is 10.3. The van der Waals surface area contributed by atoms with Crippen LogP contribution >= 0.6 is 11.3 Å². The van der Waals surface area contributed by atoms with Crippen LogP contribution in [0, 0.1) is 17.0 Å². The third-order valence-electron chi connectivity index (χ3n) is 2.37. The van der Waals surface area contributed by atoms with Crippen LogP contribution in [0.2, 0.25) is 0 Å². The molecule has 1 N–H and O–H groups in total. The number of hydrogen-bond donors (Lipinski definition) is 1. The van der Waals surface area contributed by atoms with Gasteiger partial charge in [0, 0.05) is 4.88 Å². The molecule has 18 heavy (non-hydrogen) atoms. The lowest BCUT2D eigenvalue weighted by Gasteiger charge is -2.01. The van der Waals surface area contributed by atoms with E-state index in [0.29, 0.717) is 6.54 Å². The quantitative estimate of drug-likeness (QED) is 0.680. The molecule has 2 aromatic rings. The van der Waals surface area contributed by atoms with Crippen LogP contribution in [0.25, 0.3) is 0 Å². The number of amides is 1. The second-order valence-corrected chi connectivity index (χ2v) is 4.61. The first kappa shape index (κ1) is 12.3. The van der Waals surface area contributed by atoms with Crippen molar-refractivity contribution in [3.8, 4) is 0 Å². The van der Waals surface area contributed by atoms with Gasteiger partial charge in [-0.25, -0.2) is 0 Å². The van der Waals surface area contributed by atoms with E-state index in [4.69, 9.17) is 4.42 Å². The Morgan fingerprint density at radius 2 is 2.28 bits per heavy atom. The van der Waals surface area contributed by atoms with Gasteiger partial charge in [0.2, 0.25) is 0 Å². The van der Waals surface area contributed by atoms with Crippen LogP contribution in [0.1, 0.15) is 21.0 Å². The monoisotopic (exact) mass is 266 g/mol. The van der Waals surface area contributed by atoms with E-state index in [1.54, 1.807) is 11.3 Å². The van der Waals surface area contributed by atoms with Crippen molar-refractivity contribution in [2.24, 2.45) is 0 Å². The van der Waals surface area contributed by atoms with Gasteiger partial charge in [0.1, 0.15) is 4.92 Å². The second kappa shape index (κ2) is 5.01. The van der Waals surface area contributed by atoms with Crippen molar-refractivity contribution in [1.29, 1.82) is 0 Å². The molecule has 2 heterocycles. The van der Waals surface area contributed by atoms with E-state index in [-0.39, 0.29) is 5.76 Å². The van der Waals surface area contributed by atoms with Crippen molar-refractivity contribution in [2.75, 3.05) is 0 Å². The van der Waals surface area contributed by atoms with Crippen molar-refractivity contribution < 1.29 is 14.1 Å². The highest BCUT2D eigenvalue weighted by molar-refractivity contribution is 7.10. The molecule has 2 rings (SSSR count). The molecular weight excluding hydrogens is 256 g/mol. The highest BCUT2D eigenvalue weighted by Gasteiger charge is 2.17. The minimum Gasteiger partial charge on any atom is -0.395 e. The number of nitro groups is 1. The number of rotatable bonds is 4. The largest absolute Gasteiger partial charge is 0.433 e. The van der Waals surface area contributed by atoms with Crippen LogP contribution in [-0.4, -0.2) is 10.8 Å². The molecule has 6 nitrogen and oxygen atoms in total. The fourth-order valence-electron chi connectivity index (χ4n) is 1.38. The summed E-state index contributed by atoms with van der Waals surface area (Å²) < 4.78 is 4.80. The number of thiophene rings is 1. The van der Waals surface area contributed by atoms with Gasteiger partial charge in [-0.2, -0.15) is 0 Å². The van der Waals surface area contributed by atoms with E-state index < -0.39 is 16.7 Å². The summed E-state index contributed by atoms with van der Waals surface area (Å²) in [5, 5.41) is 15.0. The molecule has 0 unspecified atom stereocenters. The highest BCUT2D eigenvalue weighted by Crippen LogP contribution is 2.17. The van der Waals surface area contributed by atoms with Gasteiger partial charge in [0.15, 0.2) is 5.76 Å². The lowest BCUT2D eigenvalue weighted by molar-refractivity contribution is -0.402.